The number of hydrogen-bond acceptors (Lipinski definition) is 0. The SMILES string of the molecule is CC(C)(C)c1cc(P(Cl)c2cc(C(C)(C)C)cc(C(C)(C)C)c2)cc(C(C)(C)C)c1. The number of benzene rings is 2. The van der Waals surface area contributed by atoms with Crippen LogP contribution in [0.25, 0.3) is 0 Å². The lowest BCUT2D eigenvalue weighted by atomic mass is 9.81. The van der Waals surface area contributed by atoms with Crippen molar-refractivity contribution in [2.45, 2.75) is 105 Å². The molecule has 0 nitrogen and oxygen atoms in total. The normalized spacial score (nSPS) is 13.8. The summed E-state index contributed by atoms with van der Waals surface area (Å²) in [6.07, 6.45) is 0. The van der Waals surface area contributed by atoms with Crippen molar-refractivity contribution < 1.29 is 0 Å². The zero-order valence-electron chi connectivity index (χ0n) is 21.3. The highest BCUT2D eigenvalue weighted by atomic mass is 35.7. The van der Waals surface area contributed by atoms with Gasteiger partial charge in [-0.2, -0.15) is 0 Å². The maximum Gasteiger partial charge on any atom is 0.0524 e. The van der Waals surface area contributed by atoms with Crippen molar-refractivity contribution in [3.8, 4) is 0 Å². The van der Waals surface area contributed by atoms with Crippen LogP contribution in [0.4, 0.5) is 0 Å². The van der Waals surface area contributed by atoms with E-state index < -0.39 is 7.27 Å². The minimum Gasteiger partial charge on any atom is -0.0859 e. The minimum atomic E-state index is -0.952. The van der Waals surface area contributed by atoms with Crippen LogP contribution in [0.15, 0.2) is 36.4 Å². The number of hydrogen-bond donors (Lipinski definition) is 0. The number of rotatable bonds is 2. The van der Waals surface area contributed by atoms with Gasteiger partial charge in [0.25, 0.3) is 0 Å². The first-order valence-corrected chi connectivity index (χ1v) is 13.3. The molecule has 2 aromatic rings. The van der Waals surface area contributed by atoms with E-state index in [-0.39, 0.29) is 21.7 Å². The van der Waals surface area contributed by atoms with E-state index >= 15 is 0 Å². The maximum absolute atomic E-state index is 7.28. The topological polar surface area (TPSA) is 0 Å². The van der Waals surface area contributed by atoms with Crippen LogP contribution in [0.2, 0.25) is 0 Å². The van der Waals surface area contributed by atoms with Gasteiger partial charge in [0.1, 0.15) is 0 Å². The fourth-order valence-corrected chi connectivity index (χ4v) is 5.22. The maximum atomic E-state index is 7.28. The molecular formula is C28H42ClP. The van der Waals surface area contributed by atoms with E-state index in [0.29, 0.717) is 0 Å². The fourth-order valence-electron chi connectivity index (χ4n) is 3.33. The van der Waals surface area contributed by atoms with E-state index in [9.17, 15) is 0 Å². The highest BCUT2D eigenvalue weighted by molar-refractivity contribution is 7.95. The smallest absolute Gasteiger partial charge is 0.0524 e. The Balaban J connectivity index is 2.72. The molecule has 0 amide bonds. The van der Waals surface area contributed by atoms with Crippen molar-refractivity contribution in [1.82, 2.24) is 0 Å². The standard InChI is InChI=1S/C28H42ClP/c1-25(2,3)19-13-20(26(4,5)6)16-23(15-19)30(29)24-17-21(27(7,8)9)14-22(18-24)28(10,11)12/h13-18H,1-12H3. The quantitative estimate of drug-likeness (QED) is 0.407. The summed E-state index contributed by atoms with van der Waals surface area (Å²) in [5.74, 6) is 0. The largest absolute Gasteiger partial charge is 0.0859 e. The van der Waals surface area contributed by atoms with Crippen molar-refractivity contribution >= 4 is 29.1 Å². The summed E-state index contributed by atoms with van der Waals surface area (Å²) in [7, 11) is -0.952. The molecule has 0 saturated heterocycles. The van der Waals surface area contributed by atoms with Gasteiger partial charge in [-0.1, -0.05) is 106 Å². The molecule has 0 aliphatic heterocycles. The van der Waals surface area contributed by atoms with Gasteiger partial charge in [0.05, 0.1) is 7.27 Å². The average Bonchev–Trinajstić information content (AvgIpc) is 2.57. The molecule has 30 heavy (non-hydrogen) atoms. The zero-order valence-corrected chi connectivity index (χ0v) is 22.9. The monoisotopic (exact) mass is 444 g/mol. The van der Waals surface area contributed by atoms with Gasteiger partial charge >= 0.3 is 0 Å². The summed E-state index contributed by atoms with van der Waals surface area (Å²) in [5, 5.41) is 2.52. The van der Waals surface area contributed by atoms with Gasteiger partial charge < -0.3 is 0 Å². The van der Waals surface area contributed by atoms with E-state index in [2.05, 4.69) is 119 Å². The molecule has 2 aromatic carbocycles. The van der Waals surface area contributed by atoms with Crippen LogP contribution in [0.1, 0.15) is 105 Å². The molecule has 0 heterocycles. The lowest BCUT2D eigenvalue weighted by Gasteiger charge is -2.29. The molecule has 0 bridgehead atoms. The molecule has 0 radical (unpaired) electrons. The van der Waals surface area contributed by atoms with Crippen molar-refractivity contribution in [3.05, 3.63) is 58.7 Å². The Hall–Kier alpha value is -0.840. The van der Waals surface area contributed by atoms with E-state index in [0.717, 1.165) is 0 Å². The summed E-state index contributed by atoms with van der Waals surface area (Å²) in [6, 6.07) is 14.1. The first-order chi connectivity index (χ1) is 13.3. The van der Waals surface area contributed by atoms with Gasteiger partial charge in [0.15, 0.2) is 0 Å². The lowest BCUT2D eigenvalue weighted by Crippen LogP contribution is -2.23. The first kappa shape index (κ1) is 25.4. The second kappa shape index (κ2) is 8.26. The molecule has 0 unspecified atom stereocenters. The average molecular weight is 445 g/mol. The second-order valence-electron chi connectivity index (χ2n) is 12.8. The first-order valence-electron chi connectivity index (χ1n) is 11.1. The van der Waals surface area contributed by atoms with Crippen LogP contribution in [0, 0.1) is 0 Å². The van der Waals surface area contributed by atoms with Crippen LogP contribution in [-0.4, -0.2) is 0 Å². The Morgan fingerprint density at radius 1 is 0.433 bits per heavy atom. The summed E-state index contributed by atoms with van der Waals surface area (Å²) in [5.41, 5.74) is 5.81. The third-order valence-electron chi connectivity index (χ3n) is 5.75. The van der Waals surface area contributed by atoms with Gasteiger partial charge in [0.2, 0.25) is 0 Å². The van der Waals surface area contributed by atoms with Crippen molar-refractivity contribution in [1.29, 1.82) is 0 Å². The Morgan fingerprint density at radius 2 is 0.633 bits per heavy atom. The fraction of sp³-hybridized carbons (Fsp3) is 0.571. The molecule has 166 valence electrons. The van der Waals surface area contributed by atoms with Gasteiger partial charge in [0, 0.05) is 0 Å². The number of halogens is 1. The van der Waals surface area contributed by atoms with Crippen LogP contribution in [-0.2, 0) is 21.7 Å². The van der Waals surface area contributed by atoms with E-state index in [1.54, 1.807) is 0 Å². The molecule has 0 saturated carbocycles. The summed E-state index contributed by atoms with van der Waals surface area (Å²) in [6.45, 7) is 27.4. The molecule has 2 heteroatoms. The summed E-state index contributed by atoms with van der Waals surface area (Å²) < 4.78 is 0. The highest BCUT2D eigenvalue weighted by Crippen LogP contribution is 2.43. The summed E-state index contributed by atoms with van der Waals surface area (Å²) >= 11 is 7.28. The Labute approximate surface area is 192 Å². The van der Waals surface area contributed by atoms with Crippen LogP contribution >= 0.6 is 18.5 Å². The molecule has 0 aliphatic carbocycles. The molecule has 2 rings (SSSR count). The molecule has 0 fully saturated rings. The van der Waals surface area contributed by atoms with Gasteiger partial charge in [-0.3, -0.25) is 0 Å². The van der Waals surface area contributed by atoms with Gasteiger partial charge in [-0.25, -0.2) is 0 Å². The Kier molecular flexibility index (Phi) is 7.00. The highest BCUT2D eigenvalue weighted by Gasteiger charge is 2.26. The lowest BCUT2D eigenvalue weighted by molar-refractivity contribution is 0.569. The zero-order chi connectivity index (χ0) is 23.3. The van der Waals surface area contributed by atoms with Crippen molar-refractivity contribution in [2.75, 3.05) is 0 Å². The molecule has 0 aliphatic rings. The van der Waals surface area contributed by atoms with Crippen LogP contribution in [0.5, 0.6) is 0 Å². The predicted molar refractivity (Wildman–Crippen MR) is 140 cm³/mol. The third kappa shape index (κ3) is 6.11. The van der Waals surface area contributed by atoms with Crippen LogP contribution in [0.3, 0.4) is 0 Å². The van der Waals surface area contributed by atoms with E-state index in [1.807, 2.05) is 0 Å². The minimum absolute atomic E-state index is 0.0902. The third-order valence-corrected chi connectivity index (χ3v) is 8.35. The molecular weight excluding hydrogens is 403 g/mol. The van der Waals surface area contributed by atoms with Crippen molar-refractivity contribution in [2.24, 2.45) is 0 Å². The van der Waals surface area contributed by atoms with E-state index in [1.165, 1.54) is 32.9 Å². The molecule has 0 atom stereocenters. The molecule has 0 aromatic heterocycles. The van der Waals surface area contributed by atoms with E-state index in [4.69, 9.17) is 11.2 Å². The van der Waals surface area contributed by atoms with Crippen LogP contribution < -0.4 is 10.6 Å². The Bertz CT molecular complexity index is 756. The Morgan fingerprint density at radius 3 is 0.800 bits per heavy atom. The van der Waals surface area contributed by atoms with Gasteiger partial charge in [-0.05, 0) is 78.8 Å². The second-order valence-corrected chi connectivity index (χ2v) is 15.4. The van der Waals surface area contributed by atoms with Crippen molar-refractivity contribution in [3.63, 3.8) is 0 Å². The molecule has 0 spiro atoms. The summed E-state index contributed by atoms with van der Waals surface area (Å²) in [4.78, 5) is 0. The van der Waals surface area contributed by atoms with Gasteiger partial charge in [-0.15, -0.1) is 0 Å². The predicted octanol–water partition coefficient (Wildman–Crippen LogP) is 8.46. The molecule has 0 N–H and O–H groups in total.